The van der Waals surface area contributed by atoms with E-state index >= 15 is 0 Å². The van der Waals surface area contributed by atoms with Gasteiger partial charge in [-0.2, -0.15) is 23.5 Å². The van der Waals surface area contributed by atoms with Crippen molar-refractivity contribution in [3.63, 3.8) is 0 Å². The second-order valence-corrected chi connectivity index (χ2v) is 9.05. The van der Waals surface area contributed by atoms with Crippen LogP contribution < -0.4 is 0 Å². The first-order chi connectivity index (χ1) is 8.29. The Morgan fingerprint density at radius 3 is 1.88 bits per heavy atom. The third kappa shape index (κ3) is 4.23. The highest BCUT2D eigenvalue weighted by atomic mass is 32.2. The molecule has 0 amide bonds. The van der Waals surface area contributed by atoms with Crippen molar-refractivity contribution < 1.29 is 5.11 Å². The number of hydrogen-bond acceptors (Lipinski definition) is 5. The number of thioether (sulfide) groups is 4. The summed E-state index contributed by atoms with van der Waals surface area (Å²) < 4.78 is 0. The van der Waals surface area contributed by atoms with Crippen LogP contribution in [0.3, 0.4) is 0 Å². The molecule has 1 nitrogen and oxygen atoms in total. The average molecular weight is 303 g/mol. The van der Waals surface area contributed by atoms with Gasteiger partial charge in [0.05, 0.1) is 0 Å². The molecule has 2 saturated heterocycles. The number of benzene rings is 1. The van der Waals surface area contributed by atoms with E-state index in [0.29, 0.717) is 5.75 Å². The molecule has 0 radical (unpaired) electrons. The molecular weight excluding hydrogens is 288 g/mol. The Kier molecular flexibility index (Phi) is 4.10. The third-order valence-electron chi connectivity index (χ3n) is 2.54. The number of hydrogen-bond donors (Lipinski definition) is 1. The van der Waals surface area contributed by atoms with Crippen molar-refractivity contribution in [2.24, 2.45) is 0 Å². The first-order valence-corrected chi connectivity index (χ1v) is 9.69. The fourth-order valence-corrected chi connectivity index (χ4v) is 5.31. The maximum atomic E-state index is 9.72. The first-order valence-electron chi connectivity index (χ1n) is 5.62. The Bertz CT molecular complexity index is 367. The van der Waals surface area contributed by atoms with Crippen LogP contribution in [0.1, 0.15) is 0 Å². The summed E-state index contributed by atoms with van der Waals surface area (Å²) >= 11 is 7.79. The van der Waals surface area contributed by atoms with E-state index in [2.05, 4.69) is 6.07 Å². The van der Waals surface area contributed by atoms with E-state index in [1.807, 2.05) is 59.2 Å². The van der Waals surface area contributed by atoms with E-state index < -0.39 is 0 Å². The molecule has 1 N–H and O–H groups in total. The SMILES string of the molecule is Oc1cc(SCC2CS2)cc(SCC2CS2)c1. The molecule has 0 saturated carbocycles. The van der Waals surface area contributed by atoms with E-state index in [-0.39, 0.29) is 0 Å². The molecular formula is C12H14OS4. The lowest BCUT2D eigenvalue weighted by Crippen LogP contribution is -1.89. The van der Waals surface area contributed by atoms with Crippen molar-refractivity contribution in [1.82, 2.24) is 0 Å². The maximum absolute atomic E-state index is 9.72. The minimum atomic E-state index is 0.407. The van der Waals surface area contributed by atoms with Crippen LogP contribution in [0.2, 0.25) is 0 Å². The smallest absolute Gasteiger partial charge is 0.117 e. The molecule has 0 aliphatic carbocycles. The van der Waals surface area contributed by atoms with Crippen LogP contribution in [0.5, 0.6) is 5.75 Å². The molecule has 2 aliphatic heterocycles. The molecule has 2 fully saturated rings. The molecule has 2 heterocycles. The zero-order valence-corrected chi connectivity index (χ0v) is 12.6. The standard InChI is InChI=1S/C12H14OS4/c13-8-1-9(14-4-11-6-16-11)3-10(2-8)15-5-12-7-17-12/h1-3,11-13H,4-7H2. The summed E-state index contributed by atoms with van der Waals surface area (Å²) in [6, 6.07) is 5.98. The van der Waals surface area contributed by atoms with Gasteiger partial charge in [0.15, 0.2) is 0 Å². The van der Waals surface area contributed by atoms with Crippen molar-refractivity contribution in [3.05, 3.63) is 18.2 Å². The molecule has 3 rings (SSSR count). The molecule has 0 aromatic heterocycles. The first kappa shape index (κ1) is 12.5. The van der Waals surface area contributed by atoms with Crippen molar-refractivity contribution in [2.45, 2.75) is 20.3 Å². The Balaban J connectivity index is 1.60. The van der Waals surface area contributed by atoms with Crippen molar-refractivity contribution in [1.29, 1.82) is 0 Å². The van der Waals surface area contributed by atoms with Gasteiger partial charge in [-0.05, 0) is 18.2 Å². The quantitative estimate of drug-likeness (QED) is 0.635. The summed E-state index contributed by atoms with van der Waals surface area (Å²) in [6.07, 6.45) is 0. The van der Waals surface area contributed by atoms with Gasteiger partial charge in [0.1, 0.15) is 5.75 Å². The summed E-state index contributed by atoms with van der Waals surface area (Å²) in [4.78, 5) is 2.42. The molecule has 5 heteroatoms. The fourth-order valence-electron chi connectivity index (χ4n) is 1.43. The van der Waals surface area contributed by atoms with Gasteiger partial charge in [-0.1, -0.05) is 0 Å². The Labute approximate surface area is 119 Å². The second-order valence-electron chi connectivity index (χ2n) is 4.20. The number of aromatic hydroxyl groups is 1. The van der Waals surface area contributed by atoms with Gasteiger partial charge in [-0.3, -0.25) is 0 Å². The minimum absolute atomic E-state index is 0.407. The van der Waals surface area contributed by atoms with Crippen LogP contribution in [0.4, 0.5) is 0 Å². The monoisotopic (exact) mass is 302 g/mol. The van der Waals surface area contributed by atoms with E-state index in [9.17, 15) is 5.11 Å². The number of rotatable bonds is 6. The predicted molar refractivity (Wildman–Crippen MR) is 82.0 cm³/mol. The zero-order chi connectivity index (χ0) is 11.7. The summed E-state index contributed by atoms with van der Waals surface area (Å²) in [6.45, 7) is 0. The van der Waals surface area contributed by atoms with E-state index in [0.717, 1.165) is 10.5 Å². The molecule has 0 spiro atoms. The van der Waals surface area contributed by atoms with Gasteiger partial charge < -0.3 is 5.11 Å². The summed E-state index contributed by atoms with van der Waals surface area (Å²) in [5.41, 5.74) is 0. The molecule has 92 valence electrons. The van der Waals surface area contributed by atoms with Crippen molar-refractivity contribution in [2.75, 3.05) is 23.0 Å². The lowest BCUT2D eigenvalue weighted by atomic mass is 10.3. The number of phenols is 1. The highest BCUT2D eigenvalue weighted by molar-refractivity contribution is 8.09. The summed E-state index contributed by atoms with van der Waals surface area (Å²) in [5.74, 6) is 5.39. The largest absolute Gasteiger partial charge is 0.508 e. The van der Waals surface area contributed by atoms with E-state index in [1.54, 1.807) is 0 Å². The molecule has 1 aromatic carbocycles. The molecule has 2 atom stereocenters. The Hall–Kier alpha value is 0.420. The molecule has 0 bridgehead atoms. The normalized spacial score (nSPS) is 25.9. The van der Waals surface area contributed by atoms with Crippen LogP contribution in [-0.2, 0) is 0 Å². The molecule has 2 unspecified atom stereocenters. The number of phenolic OH excluding ortho intramolecular Hbond substituents is 1. The predicted octanol–water partition coefficient (Wildman–Crippen LogP) is 3.81. The maximum Gasteiger partial charge on any atom is 0.117 e. The van der Waals surface area contributed by atoms with Crippen LogP contribution in [-0.4, -0.2) is 38.6 Å². The Morgan fingerprint density at radius 1 is 1.00 bits per heavy atom. The minimum Gasteiger partial charge on any atom is -0.508 e. The zero-order valence-electron chi connectivity index (χ0n) is 9.30. The van der Waals surface area contributed by atoms with Crippen LogP contribution in [0, 0.1) is 0 Å². The van der Waals surface area contributed by atoms with E-state index in [4.69, 9.17) is 0 Å². The van der Waals surface area contributed by atoms with Crippen LogP contribution >= 0.6 is 47.0 Å². The van der Waals surface area contributed by atoms with Gasteiger partial charge in [-0.15, -0.1) is 23.5 Å². The Morgan fingerprint density at radius 2 is 1.47 bits per heavy atom. The highest BCUT2D eigenvalue weighted by Gasteiger charge is 2.23. The van der Waals surface area contributed by atoms with Crippen molar-refractivity contribution >= 4 is 47.0 Å². The highest BCUT2D eigenvalue weighted by Crippen LogP contribution is 2.39. The van der Waals surface area contributed by atoms with Gasteiger partial charge >= 0.3 is 0 Å². The molecule has 1 aromatic rings. The fraction of sp³-hybridized carbons (Fsp3) is 0.500. The van der Waals surface area contributed by atoms with Crippen LogP contribution in [0.25, 0.3) is 0 Å². The van der Waals surface area contributed by atoms with Gasteiger partial charge in [-0.25, -0.2) is 0 Å². The average Bonchev–Trinajstić information content (AvgIpc) is 3.15. The lowest BCUT2D eigenvalue weighted by molar-refractivity contribution is 0.472. The molecule has 17 heavy (non-hydrogen) atoms. The second kappa shape index (κ2) is 5.59. The molecule has 2 aliphatic rings. The van der Waals surface area contributed by atoms with Gasteiger partial charge in [0, 0.05) is 43.3 Å². The third-order valence-corrected chi connectivity index (χ3v) is 7.18. The lowest BCUT2D eigenvalue weighted by Gasteiger charge is -2.05. The topological polar surface area (TPSA) is 20.2 Å². The summed E-state index contributed by atoms with van der Waals surface area (Å²) in [7, 11) is 0. The van der Waals surface area contributed by atoms with Crippen molar-refractivity contribution in [3.8, 4) is 5.75 Å². The van der Waals surface area contributed by atoms with Gasteiger partial charge in [0.2, 0.25) is 0 Å². The van der Waals surface area contributed by atoms with E-state index in [1.165, 1.54) is 32.8 Å². The summed E-state index contributed by atoms with van der Waals surface area (Å²) in [5, 5.41) is 11.4. The van der Waals surface area contributed by atoms with Crippen LogP contribution in [0.15, 0.2) is 28.0 Å². The van der Waals surface area contributed by atoms with Gasteiger partial charge in [0.25, 0.3) is 0 Å².